The van der Waals surface area contributed by atoms with Gasteiger partial charge in [-0.15, -0.1) is 0 Å². The zero-order chi connectivity index (χ0) is 22.9. The highest BCUT2D eigenvalue weighted by molar-refractivity contribution is 5.14. The highest BCUT2D eigenvalue weighted by Crippen LogP contribution is 2.66. The number of fused-ring (bicyclic) bond motifs is 5. The molecule has 10 atom stereocenters. The molecule has 1 saturated heterocycles. The van der Waals surface area contributed by atoms with Gasteiger partial charge >= 0.3 is 0 Å². The van der Waals surface area contributed by atoms with Crippen LogP contribution in [0.5, 0.6) is 0 Å². The van der Waals surface area contributed by atoms with Crippen LogP contribution in [0.25, 0.3) is 0 Å². The Morgan fingerprint density at radius 1 is 0.875 bits per heavy atom. The van der Waals surface area contributed by atoms with Crippen molar-refractivity contribution in [2.45, 2.75) is 129 Å². The highest BCUT2D eigenvalue weighted by Gasteiger charge is 2.63. The summed E-state index contributed by atoms with van der Waals surface area (Å²) >= 11 is 0. The van der Waals surface area contributed by atoms with E-state index in [0.29, 0.717) is 23.3 Å². The van der Waals surface area contributed by atoms with Crippen molar-refractivity contribution in [3.63, 3.8) is 0 Å². The topological polar surface area (TPSA) is 55.7 Å². The van der Waals surface area contributed by atoms with E-state index in [1.54, 1.807) is 0 Å². The molecule has 5 rings (SSSR count). The van der Waals surface area contributed by atoms with Gasteiger partial charge in [-0.25, -0.2) is 0 Å². The van der Waals surface area contributed by atoms with Gasteiger partial charge in [-0.2, -0.15) is 0 Å². The second-order valence-electron chi connectivity index (χ2n) is 14.1. The van der Waals surface area contributed by atoms with Gasteiger partial charge in [0.25, 0.3) is 0 Å². The average Bonchev–Trinajstić information content (AvgIpc) is 3.00. The maximum absolute atomic E-state index is 11.6. The SMILES string of the molecule is CC(C)(C)NC1C[C@@]2(C)C(CC[C@@H]3[C@H]2CC[C@]2(C)C(O)C(N4CCCCC4)C[C@@H]32)CC1O. The lowest BCUT2D eigenvalue weighted by atomic mass is 9.44. The predicted octanol–water partition coefficient (Wildman–Crippen LogP) is 4.58. The molecule has 5 aliphatic rings. The third-order valence-corrected chi connectivity index (χ3v) is 11.2. The molecule has 5 fully saturated rings. The number of nitrogens with zero attached hydrogens (tertiary/aromatic N) is 1. The Labute approximate surface area is 196 Å². The van der Waals surface area contributed by atoms with E-state index in [2.05, 4.69) is 44.8 Å². The number of aliphatic hydroxyl groups is 2. The summed E-state index contributed by atoms with van der Waals surface area (Å²) in [6.45, 7) is 14.1. The van der Waals surface area contributed by atoms with Gasteiger partial charge in [0.2, 0.25) is 0 Å². The molecular formula is C28H50N2O2. The minimum Gasteiger partial charge on any atom is -0.391 e. The monoisotopic (exact) mass is 446 g/mol. The average molecular weight is 447 g/mol. The fourth-order valence-electron chi connectivity index (χ4n) is 9.60. The first-order valence-electron chi connectivity index (χ1n) is 13.9. The molecule has 0 radical (unpaired) electrons. The second-order valence-corrected chi connectivity index (χ2v) is 14.1. The van der Waals surface area contributed by atoms with E-state index in [0.717, 1.165) is 24.7 Å². The van der Waals surface area contributed by atoms with Crippen LogP contribution in [-0.2, 0) is 0 Å². The minimum absolute atomic E-state index is 0.0330. The standard InChI is InChI=1S/C28H50N2O2/c1-26(2,3)29-22-17-28(5)18(15-24(22)31)9-10-19-20(28)11-12-27(4)21(19)16-23(25(27)32)30-13-7-6-8-14-30/h18-25,29,31-32H,6-17H2,1-5H3/t18?,19-,20-,21+,22?,23?,24?,25?,27+,28+/m1/s1. The van der Waals surface area contributed by atoms with Gasteiger partial charge in [0.05, 0.1) is 12.2 Å². The molecule has 0 bridgehead atoms. The van der Waals surface area contributed by atoms with E-state index in [-0.39, 0.29) is 29.2 Å². The lowest BCUT2D eigenvalue weighted by Gasteiger charge is -2.62. The summed E-state index contributed by atoms with van der Waals surface area (Å²) in [7, 11) is 0. The van der Waals surface area contributed by atoms with Crippen LogP contribution in [0, 0.1) is 34.5 Å². The molecule has 4 aliphatic carbocycles. The molecule has 3 N–H and O–H groups in total. The summed E-state index contributed by atoms with van der Waals surface area (Å²) < 4.78 is 0. The van der Waals surface area contributed by atoms with E-state index in [1.807, 2.05) is 0 Å². The second kappa shape index (κ2) is 8.21. The molecule has 0 amide bonds. The van der Waals surface area contributed by atoms with E-state index >= 15 is 0 Å². The van der Waals surface area contributed by atoms with Gasteiger partial charge in [-0.05, 0) is 126 Å². The van der Waals surface area contributed by atoms with Crippen LogP contribution in [0.15, 0.2) is 0 Å². The van der Waals surface area contributed by atoms with E-state index in [4.69, 9.17) is 0 Å². The first-order chi connectivity index (χ1) is 15.0. The Balaban J connectivity index is 1.38. The zero-order valence-electron chi connectivity index (χ0n) is 21.4. The Morgan fingerprint density at radius 3 is 2.28 bits per heavy atom. The van der Waals surface area contributed by atoms with Crippen LogP contribution in [0.1, 0.15) is 98.8 Å². The molecular weight excluding hydrogens is 396 g/mol. The van der Waals surface area contributed by atoms with Crippen molar-refractivity contribution in [1.29, 1.82) is 0 Å². The fraction of sp³-hybridized carbons (Fsp3) is 1.00. The van der Waals surface area contributed by atoms with Gasteiger partial charge < -0.3 is 15.5 Å². The first kappa shape index (κ1) is 23.6. The molecule has 0 aromatic carbocycles. The van der Waals surface area contributed by atoms with Crippen molar-refractivity contribution in [2.75, 3.05) is 13.1 Å². The Morgan fingerprint density at radius 2 is 1.59 bits per heavy atom. The summed E-state index contributed by atoms with van der Waals surface area (Å²) in [6.07, 6.45) is 11.9. The molecule has 5 unspecified atom stereocenters. The predicted molar refractivity (Wildman–Crippen MR) is 130 cm³/mol. The number of aliphatic hydroxyl groups excluding tert-OH is 2. The van der Waals surface area contributed by atoms with Crippen LogP contribution in [-0.4, -0.2) is 58.0 Å². The van der Waals surface area contributed by atoms with Crippen molar-refractivity contribution < 1.29 is 10.2 Å². The number of hydrogen-bond acceptors (Lipinski definition) is 4. The van der Waals surface area contributed by atoms with Gasteiger partial charge in [-0.3, -0.25) is 4.90 Å². The molecule has 4 nitrogen and oxygen atoms in total. The lowest BCUT2D eigenvalue weighted by molar-refractivity contribution is -0.143. The van der Waals surface area contributed by atoms with Crippen molar-refractivity contribution in [1.82, 2.24) is 10.2 Å². The van der Waals surface area contributed by atoms with Crippen molar-refractivity contribution >= 4 is 0 Å². The highest BCUT2D eigenvalue weighted by atomic mass is 16.3. The molecule has 184 valence electrons. The minimum atomic E-state index is -0.213. The number of hydrogen-bond donors (Lipinski definition) is 3. The van der Waals surface area contributed by atoms with Gasteiger partial charge in [-0.1, -0.05) is 20.3 Å². The van der Waals surface area contributed by atoms with Gasteiger partial charge in [0.1, 0.15) is 0 Å². The molecule has 0 aromatic rings. The van der Waals surface area contributed by atoms with Crippen molar-refractivity contribution in [3.8, 4) is 0 Å². The van der Waals surface area contributed by atoms with Crippen LogP contribution < -0.4 is 5.32 Å². The molecule has 4 heteroatoms. The van der Waals surface area contributed by atoms with Crippen molar-refractivity contribution in [2.24, 2.45) is 34.5 Å². The first-order valence-corrected chi connectivity index (χ1v) is 13.9. The summed E-state index contributed by atoms with van der Waals surface area (Å²) in [5.41, 5.74) is 0.454. The lowest BCUT2D eigenvalue weighted by Crippen LogP contribution is -2.61. The largest absolute Gasteiger partial charge is 0.391 e. The Hall–Kier alpha value is -0.160. The Bertz CT molecular complexity index is 685. The third kappa shape index (κ3) is 3.80. The Kier molecular flexibility index (Phi) is 6.05. The molecule has 1 aliphatic heterocycles. The van der Waals surface area contributed by atoms with Crippen LogP contribution in [0.3, 0.4) is 0 Å². The number of rotatable bonds is 2. The molecule has 4 saturated carbocycles. The number of nitrogens with one attached hydrogen (secondary N) is 1. The summed E-state index contributed by atoms with van der Waals surface area (Å²) in [4.78, 5) is 2.65. The quantitative estimate of drug-likeness (QED) is 0.581. The van der Waals surface area contributed by atoms with E-state index in [1.165, 1.54) is 64.5 Å². The maximum atomic E-state index is 11.6. The van der Waals surface area contributed by atoms with Crippen LogP contribution in [0.2, 0.25) is 0 Å². The van der Waals surface area contributed by atoms with Gasteiger partial charge in [0, 0.05) is 17.6 Å². The summed E-state index contributed by atoms with van der Waals surface area (Å²) in [6, 6.07) is 0.594. The normalized spacial score (nSPS) is 52.2. The summed E-state index contributed by atoms with van der Waals surface area (Å²) in [5.74, 6) is 2.83. The number of likely N-dealkylation sites (tertiary alicyclic amines) is 1. The maximum Gasteiger partial charge on any atom is 0.0751 e. The zero-order valence-corrected chi connectivity index (χ0v) is 21.4. The smallest absolute Gasteiger partial charge is 0.0751 e. The third-order valence-electron chi connectivity index (χ3n) is 11.2. The van der Waals surface area contributed by atoms with Crippen LogP contribution >= 0.6 is 0 Å². The molecule has 32 heavy (non-hydrogen) atoms. The van der Waals surface area contributed by atoms with Crippen molar-refractivity contribution in [3.05, 3.63) is 0 Å². The molecule has 1 heterocycles. The van der Waals surface area contributed by atoms with Gasteiger partial charge in [0.15, 0.2) is 0 Å². The number of piperidine rings is 1. The van der Waals surface area contributed by atoms with Crippen LogP contribution in [0.4, 0.5) is 0 Å². The summed E-state index contributed by atoms with van der Waals surface area (Å²) in [5, 5.41) is 26.4. The molecule has 0 aromatic heterocycles. The fourth-order valence-corrected chi connectivity index (χ4v) is 9.60. The molecule has 0 spiro atoms. The van der Waals surface area contributed by atoms with E-state index < -0.39 is 0 Å². The van der Waals surface area contributed by atoms with E-state index in [9.17, 15) is 10.2 Å².